The molecule has 0 bridgehead atoms. The van der Waals surface area contributed by atoms with Gasteiger partial charge in [0.1, 0.15) is 16.8 Å². The first-order valence-electron chi connectivity index (χ1n) is 10.3. The molecule has 1 N–H and O–H groups in total. The van der Waals surface area contributed by atoms with Gasteiger partial charge < -0.3 is 14.6 Å². The highest BCUT2D eigenvalue weighted by molar-refractivity contribution is 6.03. The average Bonchev–Trinajstić information content (AvgIpc) is 3.44. The van der Waals surface area contributed by atoms with Crippen LogP contribution in [0.2, 0.25) is 0 Å². The quantitative estimate of drug-likeness (QED) is 0.438. The van der Waals surface area contributed by atoms with Gasteiger partial charge in [0.15, 0.2) is 0 Å². The summed E-state index contributed by atoms with van der Waals surface area (Å²) in [7, 11) is 0. The standard InChI is InChI=1S/C24H25N5O2/c1-4-28(5-2)18-8-10-19(11-9-18)29-26-22-15-17(3)21(16-23(22)27-29)25-24(30)13-12-20-7-6-14-31-20/h6-16H,4-5H2,1-3H3,(H,25,30)/b13-12+. The Labute approximate surface area is 181 Å². The van der Waals surface area contributed by atoms with Gasteiger partial charge in [-0.05, 0) is 80.9 Å². The van der Waals surface area contributed by atoms with E-state index in [1.807, 2.05) is 31.2 Å². The van der Waals surface area contributed by atoms with E-state index in [2.05, 4.69) is 46.4 Å². The zero-order chi connectivity index (χ0) is 21.8. The molecule has 0 unspecified atom stereocenters. The first-order chi connectivity index (χ1) is 15.1. The Kier molecular flexibility index (Phi) is 5.84. The van der Waals surface area contributed by atoms with Crippen molar-refractivity contribution in [2.24, 2.45) is 0 Å². The van der Waals surface area contributed by atoms with Crippen molar-refractivity contribution in [3.05, 3.63) is 72.2 Å². The second-order valence-electron chi connectivity index (χ2n) is 7.17. The molecule has 0 atom stereocenters. The molecule has 7 nitrogen and oxygen atoms in total. The maximum atomic E-state index is 12.3. The molecular weight excluding hydrogens is 390 g/mol. The van der Waals surface area contributed by atoms with E-state index >= 15 is 0 Å². The summed E-state index contributed by atoms with van der Waals surface area (Å²) < 4.78 is 5.20. The minimum Gasteiger partial charge on any atom is -0.465 e. The Balaban J connectivity index is 1.55. The van der Waals surface area contributed by atoms with E-state index in [0.29, 0.717) is 17.0 Å². The van der Waals surface area contributed by atoms with Crippen LogP contribution in [0.1, 0.15) is 25.2 Å². The van der Waals surface area contributed by atoms with Crippen molar-refractivity contribution < 1.29 is 9.21 Å². The third kappa shape index (κ3) is 4.50. The van der Waals surface area contributed by atoms with Crippen LogP contribution < -0.4 is 10.2 Å². The number of aryl methyl sites for hydroxylation is 1. The van der Waals surface area contributed by atoms with E-state index in [1.54, 1.807) is 29.3 Å². The van der Waals surface area contributed by atoms with Gasteiger partial charge in [-0.25, -0.2) is 0 Å². The van der Waals surface area contributed by atoms with Crippen LogP contribution >= 0.6 is 0 Å². The second kappa shape index (κ2) is 8.87. The molecular formula is C24H25N5O2. The molecule has 158 valence electrons. The summed E-state index contributed by atoms with van der Waals surface area (Å²) in [4.78, 5) is 16.2. The van der Waals surface area contributed by atoms with E-state index in [1.165, 1.54) is 11.8 Å². The smallest absolute Gasteiger partial charge is 0.248 e. The number of carbonyl (C=O) groups excluding carboxylic acids is 1. The molecule has 0 fully saturated rings. The minimum absolute atomic E-state index is 0.238. The van der Waals surface area contributed by atoms with Gasteiger partial charge in [0.05, 0.1) is 12.0 Å². The number of fused-ring (bicyclic) bond motifs is 1. The number of benzene rings is 2. The molecule has 2 aromatic carbocycles. The zero-order valence-electron chi connectivity index (χ0n) is 17.9. The number of carbonyl (C=O) groups is 1. The summed E-state index contributed by atoms with van der Waals surface area (Å²) in [5, 5.41) is 12.1. The molecule has 31 heavy (non-hydrogen) atoms. The number of hydrogen-bond acceptors (Lipinski definition) is 5. The molecule has 4 rings (SSSR count). The lowest BCUT2D eigenvalue weighted by Gasteiger charge is -2.20. The van der Waals surface area contributed by atoms with Crippen molar-refractivity contribution in [2.75, 3.05) is 23.3 Å². The molecule has 0 saturated carbocycles. The summed E-state index contributed by atoms with van der Waals surface area (Å²) in [5.74, 6) is 0.385. The zero-order valence-corrected chi connectivity index (χ0v) is 17.9. The first-order valence-corrected chi connectivity index (χ1v) is 10.3. The molecule has 0 aliphatic carbocycles. The van der Waals surface area contributed by atoms with Gasteiger partial charge >= 0.3 is 0 Å². The lowest BCUT2D eigenvalue weighted by atomic mass is 10.1. The fourth-order valence-corrected chi connectivity index (χ4v) is 3.42. The maximum Gasteiger partial charge on any atom is 0.248 e. The number of nitrogens with one attached hydrogen (secondary N) is 1. The maximum absolute atomic E-state index is 12.3. The molecule has 2 aromatic heterocycles. The van der Waals surface area contributed by atoms with Crippen LogP contribution in [-0.4, -0.2) is 34.0 Å². The molecule has 4 aromatic rings. The van der Waals surface area contributed by atoms with E-state index in [0.717, 1.165) is 29.9 Å². The molecule has 2 heterocycles. The highest BCUT2D eigenvalue weighted by Crippen LogP contribution is 2.23. The lowest BCUT2D eigenvalue weighted by Crippen LogP contribution is -2.21. The molecule has 0 aliphatic rings. The Morgan fingerprint density at radius 3 is 2.45 bits per heavy atom. The highest BCUT2D eigenvalue weighted by atomic mass is 16.3. The monoisotopic (exact) mass is 415 g/mol. The third-order valence-electron chi connectivity index (χ3n) is 5.14. The number of nitrogens with zero attached hydrogens (tertiary/aromatic N) is 4. The molecule has 0 spiro atoms. The van der Waals surface area contributed by atoms with Crippen LogP contribution in [0.5, 0.6) is 0 Å². The Hall–Kier alpha value is -3.87. The number of amides is 1. The van der Waals surface area contributed by atoms with Crippen LogP contribution in [0.15, 0.2) is 65.3 Å². The predicted molar refractivity (Wildman–Crippen MR) is 124 cm³/mol. The number of rotatable bonds is 7. The van der Waals surface area contributed by atoms with Crippen LogP contribution in [0, 0.1) is 6.92 Å². The van der Waals surface area contributed by atoms with E-state index in [-0.39, 0.29) is 5.91 Å². The molecule has 0 radical (unpaired) electrons. The van der Waals surface area contributed by atoms with E-state index in [4.69, 9.17) is 4.42 Å². The summed E-state index contributed by atoms with van der Waals surface area (Å²) in [6.45, 7) is 8.15. The highest BCUT2D eigenvalue weighted by Gasteiger charge is 2.10. The molecule has 7 heteroatoms. The molecule has 1 amide bonds. The van der Waals surface area contributed by atoms with Crippen molar-refractivity contribution in [3.63, 3.8) is 0 Å². The number of aromatic nitrogens is 3. The second-order valence-corrected chi connectivity index (χ2v) is 7.17. The lowest BCUT2D eigenvalue weighted by molar-refractivity contribution is -0.111. The molecule has 0 saturated heterocycles. The summed E-state index contributed by atoms with van der Waals surface area (Å²) in [5.41, 5.74) is 5.16. The van der Waals surface area contributed by atoms with E-state index < -0.39 is 0 Å². The van der Waals surface area contributed by atoms with Gasteiger partial charge in [-0.1, -0.05) is 0 Å². The predicted octanol–water partition coefficient (Wildman–Crippen LogP) is 4.82. The average molecular weight is 415 g/mol. The van der Waals surface area contributed by atoms with Gasteiger partial charge in [-0.3, -0.25) is 4.79 Å². The van der Waals surface area contributed by atoms with E-state index in [9.17, 15) is 4.79 Å². The van der Waals surface area contributed by atoms with Crippen LogP contribution in [0.25, 0.3) is 22.8 Å². The summed E-state index contributed by atoms with van der Waals surface area (Å²) in [6, 6.07) is 15.5. The van der Waals surface area contributed by atoms with Gasteiger partial charge in [0.2, 0.25) is 5.91 Å². The van der Waals surface area contributed by atoms with Gasteiger partial charge in [-0.15, -0.1) is 10.2 Å². The fourth-order valence-electron chi connectivity index (χ4n) is 3.42. The number of anilines is 2. The first kappa shape index (κ1) is 20.4. The van der Waals surface area contributed by atoms with Crippen molar-refractivity contribution in [3.8, 4) is 5.69 Å². The van der Waals surface area contributed by atoms with Gasteiger partial charge in [-0.2, -0.15) is 4.80 Å². The van der Waals surface area contributed by atoms with Gasteiger partial charge in [0, 0.05) is 30.5 Å². The molecule has 0 aliphatic heterocycles. The SMILES string of the molecule is CCN(CC)c1ccc(-n2nc3cc(C)c(NC(=O)/C=C/c4ccco4)cc3n2)cc1. The van der Waals surface area contributed by atoms with Crippen LogP contribution in [-0.2, 0) is 4.79 Å². The van der Waals surface area contributed by atoms with Crippen LogP contribution in [0.3, 0.4) is 0 Å². The Morgan fingerprint density at radius 1 is 1.10 bits per heavy atom. The largest absolute Gasteiger partial charge is 0.465 e. The third-order valence-corrected chi connectivity index (χ3v) is 5.14. The van der Waals surface area contributed by atoms with Crippen molar-refractivity contribution in [1.82, 2.24) is 15.0 Å². The minimum atomic E-state index is -0.238. The van der Waals surface area contributed by atoms with Crippen molar-refractivity contribution in [2.45, 2.75) is 20.8 Å². The normalized spacial score (nSPS) is 11.3. The van der Waals surface area contributed by atoms with Crippen molar-refractivity contribution in [1.29, 1.82) is 0 Å². The number of hydrogen-bond donors (Lipinski definition) is 1. The van der Waals surface area contributed by atoms with Crippen LogP contribution in [0.4, 0.5) is 11.4 Å². The topological polar surface area (TPSA) is 76.2 Å². The Bertz CT molecular complexity index is 1200. The summed E-state index contributed by atoms with van der Waals surface area (Å²) in [6.07, 6.45) is 4.63. The van der Waals surface area contributed by atoms with Crippen molar-refractivity contribution >= 4 is 34.4 Å². The van der Waals surface area contributed by atoms with Gasteiger partial charge in [0.25, 0.3) is 0 Å². The fraction of sp³-hybridized carbons (Fsp3) is 0.208. The number of furan rings is 1. The Morgan fingerprint density at radius 2 is 1.81 bits per heavy atom. The summed E-state index contributed by atoms with van der Waals surface area (Å²) >= 11 is 0.